The molecule has 0 amide bonds. The predicted octanol–water partition coefficient (Wildman–Crippen LogP) is 3.60. The van der Waals surface area contributed by atoms with Crippen molar-refractivity contribution >= 4 is 17.5 Å². The summed E-state index contributed by atoms with van der Waals surface area (Å²) in [6, 6.07) is 7.42. The Morgan fingerprint density at radius 3 is 2.41 bits per heavy atom. The van der Waals surface area contributed by atoms with E-state index >= 15 is 0 Å². The van der Waals surface area contributed by atoms with Crippen LogP contribution >= 0.6 is 0 Å². The van der Waals surface area contributed by atoms with E-state index in [1.165, 1.54) is 38.7 Å². The monoisotopic (exact) mass is 465 g/mol. The maximum absolute atomic E-state index is 5.43. The molecule has 10 nitrogen and oxygen atoms in total. The van der Waals surface area contributed by atoms with E-state index in [0.29, 0.717) is 34.7 Å². The highest BCUT2D eigenvalue weighted by Gasteiger charge is 2.15. The van der Waals surface area contributed by atoms with Crippen LogP contribution in [0.2, 0.25) is 0 Å². The number of anilines is 3. The van der Waals surface area contributed by atoms with E-state index in [0.717, 1.165) is 24.5 Å². The van der Waals surface area contributed by atoms with Gasteiger partial charge in [-0.15, -0.1) is 0 Å². The molecule has 0 radical (unpaired) electrons. The molecule has 1 aliphatic heterocycles. The molecule has 0 bridgehead atoms. The first-order valence-electron chi connectivity index (χ1n) is 11.4. The van der Waals surface area contributed by atoms with Crippen LogP contribution in [0.4, 0.5) is 17.5 Å². The van der Waals surface area contributed by atoms with Crippen LogP contribution in [0.15, 0.2) is 36.8 Å². The molecule has 2 aromatic heterocycles. The Balaban J connectivity index is 1.51. The third kappa shape index (κ3) is 5.63. The first kappa shape index (κ1) is 23.5. The molecule has 2 N–H and O–H groups in total. The third-order valence-electron chi connectivity index (χ3n) is 5.71. The molecule has 0 atom stereocenters. The van der Waals surface area contributed by atoms with E-state index in [4.69, 9.17) is 14.2 Å². The van der Waals surface area contributed by atoms with Crippen LogP contribution in [-0.4, -0.2) is 72.3 Å². The summed E-state index contributed by atoms with van der Waals surface area (Å²) in [5.74, 6) is 3.25. The van der Waals surface area contributed by atoms with Gasteiger partial charge in [-0.1, -0.05) is 6.42 Å². The molecule has 1 aromatic carbocycles. The van der Waals surface area contributed by atoms with Crippen LogP contribution in [0, 0.1) is 0 Å². The average Bonchev–Trinajstić information content (AvgIpc) is 2.89. The SMILES string of the molecule is COc1cc(Nc2ncnc(-c3cccnc3NCCN3CCCCC3)n2)cc(OC)c1OC. The Morgan fingerprint density at radius 2 is 1.71 bits per heavy atom. The van der Waals surface area contributed by atoms with Gasteiger partial charge in [0.2, 0.25) is 11.7 Å². The lowest BCUT2D eigenvalue weighted by Gasteiger charge is -2.26. The Kier molecular flexibility index (Phi) is 7.92. The first-order chi connectivity index (χ1) is 16.7. The molecule has 0 spiro atoms. The summed E-state index contributed by atoms with van der Waals surface area (Å²) in [5, 5.41) is 6.65. The van der Waals surface area contributed by atoms with Gasteiger partial charge >= 0.3 is 0 Å². The number of hydrogen-bond acceptors (Lipinski definition) is 10. The zero-order valence-corrected chi connectivity index (χ0v) is 19.9. The van der Waals surface area contributed by atoms with Gasteiger partial charge in [-0.2, -0.15) is 4.98 Å². The van der Waals surface area contributed by atoms with Crippen molar-refractivity contribution in [1.82, 2.24) is 24.8 Å². The number of ether oxygens (including phenoxy) is 3. The second kappa shape index (κ2) is 11.5. The highest BCUT2D eigenvalue weighted by Crippen LogP contribution is 2.40. The highest BCUT2D eigenvalue weighted by molar-refractivity contribution is 5.71. The molecule has 3 aromatic rings. The largest absolute Gasteiger partial charge is 0.493 e. The average molecular weight is 466 g/mol. The van der Waals surface area contributed by atoms with Gasteiger partial charge in [-0.05, 0) is 38.1 Å². The first-order valence-corrected chi connectivity index (χ1v) is 11.4. The van der Waals surface area contributed by atoms with E-state index in [-0.39, 0.29) is 0 Å². The quantitative estimate of drug-likeness (QED) is 0.461. The topological polar surface area (TPSA) is 107 Å². The van der Waals surface area contributed by atoms with Crippen LogP contribution in [-0.2, 0) is 0 Å². The van der Waals surface area contributed by atoms with Gasteiger partial charge in [-0.3, -0.25) is 0 Å². The number of aromatic nitrogens is 4. The minimum absolute atomic E-state index is 0.391. The molecular weight excluding hydrogens is 434 g/mol. The molecule has 1 fully saturated rings. The van der Waals surface area contributed by atoms with Crippen LogP contribution in [0.3, 0.4) is 0 Å². The van der Waals surface area contributed by atoms with Gasteiger partial charge < -0.3 is 29.7 Å². The molecular formula is C24H31N7O3. The van der Waals surface area contributed by atoms with Crippen molar-refractivity contribution in [3.63, 3.8) is 0 Å². The van der Waals surface area contributed by atoms with Crippen molar-refractivity contribution in [2.45, 2.75) is 19.3 Å². The van der Waals surface area contributed by atoms with E-state index < -0.39 is 0 Å². The highest BCUT2D eigenvalue weighted by atomic mass is 16.5. The summed E-state index contributed by atoms with van der Waals surface area (Å²) in [4.78, 5) is 20.3. The zero-order valence-electron chi connectivity index (χ0n) is 19.9. The van der Waals surface area contributed by atoms with Crippen molar-refractivity contribution in [3.05, 3.63) is 36.8 Å². The molecule has 10 heteroatoms. The number of piperidine rings is 1. The fourth-order valence-electron chi connectivity index (χ4n) is 4.01. The summed E-state index contributed by atoms with van der Waals surface area (Å²) in [5.41, 5.74) is 1.51. The number of benzene rings is 1. The number of hydrogen-bond donors (Lipinski definition) is 2. The van der Waals surface area contributed by atoms with Crippen LogP contribution in [0.5, 0.6) is 17.2 Å². The second-order valence-electron chi connectivity index (χ2n) is 7.90. The van der Waals surface area contributed by atoms with Crippen molar-refractivity contribution in [2.24, 2.45) is 0 Å². The van der Waals surface area contributed by atoms with Gasteiger partial charge in [-0.25, -0.2) is 15.0 Å². The van der Waals surface area contributed by atoms with Crippen molar-refractivity contribution in [3.8, 4) is 28.6 Å². The summed E-state index contributed by atoms with van der Waals surface area (Å²) < 4.78 is 16.2. The molecule has 1 aliphatic rings. The molecule has 3 heterocycles. The Hall–Kier alpha value is -3.66. The van der Waals surface area contributed by atoms with Crippen LogP contribution in [0.25, 0.3) is 11.4 Å². The lowest BCUT2D eigenvalue weighted by molar-refractivity contribution is 0.237. The van der Waals surface area contributed by atoms with E-state index in [1.54, 1.807) is 39.7 Å². The Labute approximate surface area is 199 Å². The number of pyridine rings is 1. The molecule has 1 saturated heterocycles. The maximum Gasteiger partial charge on any atom is 0.230 e. The standard InChI is InChI=1S/C24H31N7O3/c1-32-19-14-17(15-20(33-2)21(19)34-3)29-24-28-16-27-23(30-24)18-8-7-9-25-22(18)26-10-13-31-11-5-4-6-12-31/h7-9,14-16H,4-6,10-13H2,1-3H3,(H,25,26)(H,27,28,29,30). The summed E-state index contributed by atoms with van der Waals surface area (Å²) in [6.45, 7) is 4.13. The van der Waals surface area contributed by atoms with Gasteiger partial charge in [0.05, 0.1) is 26.9 Å². The molecule has 4 rings (SSSR count). The molecule has 34 heavy (non-hydrogen) atoms. The smallest absolute Gasteiger partial charge is 0.230 e. The summed E-state index contributed by atoms with van der Waals surface area (Å²) in [6.07, 6.45) is 7.14. The second-order valence-corrected chi connectivity index (χ2v) is 7.90. The number of likely N-dealkylation sites (tertiary alicyclic amines) is 1. The normalized spacial score (nSPS) is 13.9. The molecule has 180 valence electrons. The van der Waals surface area contributed by atoms with Crippen molar-refractivity contribution < 1.29 is 14.2 Å². The van der Waals surface area contributed by atoms with Gasteiger partial charge in [0.1, 0.15) is 12.1 Å². The Morgan fingerprint density at radius 1 is 0.941 bits per heavy atom. The van der Waals surface area contributed by atoms with Gasteiger partial charge in [0.15, 0.2) is 17.3 Å². The minimum Gasteiger partial charge on any atom is -0.493 e. The van der Waals surface area contributed by atoms with Gasteiger partial charge in [0.25, 0.3) is 0 Å². The van der Waals surface area contributed by atoms with E-state index in [1.807, 2.05) is 12.1 Å². The van der Waals surface area contributed by atoms with Crippen LogP contribution in [0.1, 0.15) is 19.3 Å². The minimum atomic E-state index is 0.391. The van der Waals surface area contributed by atoms with Crippen LogP contribution < -0.4 is 24.8 Å². The predicted molar refractivity (Wildman–Crippen MR) is 131 cm³/mol. The fourth-order valence-corrected chi connectivity index (χ4v) is 4.01. The van der Waals surface area contributed by atoms with E-state index in [2.05, 4.69) is 35.5 Å². The number of rotatable bonds is 10. The number of nitrogens with zero attached hydrogens (tertiary/aromatic N) is 5. The zero-order chi connectivity index (χ0) is 23.8. The molecule has 0 aliphatic carbocycles. The van der Waals surface area contributed by atoms with Gasteiger partial charge in [0, 0.05) is 37.1 Å². The lowest BCUT2D eigenvalue weighted by Crippen LogP contribution is -2.33. The number of methoxy groups -OCH3 is 3. The molecule has 0 saturated carbocycles. The van der Waals surface area contributed by atoms with Crippen molar-refractivity contribution in [1.29, 1.82) is 0 Å². The summed E-state index contributed by atoms with van der Waals surface area (Å²) >= 11 is 0. The third-order valence-corrected chi connectivity index (χ3v) is 5.71. The van der Waals surface area contributed by atoms with E-state index in [9.17, 15) is 0 Å². The van der Waals surface area contributed by atoms with Crippen molar-refractivity contribution in [2.75, 3.05) is 58.1 Å². The maximum atomic E-state index is 5.43. The summed E-state index contributed by atoms with van der Waals surface area (Å²) in [7, 11) is 4.71. The lowest BCUT2D eigenvalue weighted by atomic mass is 10.1. The fraction of sp³-hybridized carbons (Fsp3) is 0.417. The Bertz CT molecular complexity index is 1060. The molecule has 0 unspecified atom stereocenters. The number of nitrogens with one attached hydrogen (secondary N) is 2.